The van der Waals surface area contributed by atoms with Crippen LogP contribution in [-0.4, -0.2) is 42.0 Å². The molecule has 1 saturated heterocycles. The number of rotatable bonds is 3. The van der Waals surface area contributed by atoms with Gasteiger partial charge in [0.1, 0.15) is 0 Å². The number of carbonyl (C=O) groups excluding carboxylic acids is 1. The van der Waals surface area contributed by atoms with Crippen LogP contribution in [0.25, 0.3) is 0 Å². The molecule has 106 valence electrons. The SMILES string of the molecule is O=C(O)CC1(N2CCCC(=O)c3ccccc32)CNC1. The van der Waals surface area contributed by atoms with Gasteiger partial charge in [-0.05, 0) is 18.6 Å². The van der Waals surface area contributed by atoms with Gasteiger partial charge in [-0.1, -0.05) is 12.1 Å². The molecule has 1 aromatic rings. The molecule has 0 saturated carbocycles. The summed E-state index contributed by atoms with van der Waals surface area (Å²) in [6.07, 6.45) is 1.40. The minimum atomic E-state index is -0.792. The first-order valence-electron chi connectivity index (χ1n) is 6.95. The maximum atomic E-state index is 12.1. The lowest BCUT2D eigenvalue weighted by Gasteiger charge is -2.51. The second-order valence-electron chi connectivity index (χ2n) is 5.59. The number of ketones is 1. The molecule has 0 aromatic heterocycles. The maximum Gasteiger partial charge on any atom is 0.305 e. The predicted molar refractivity (Wildman–Crippen MR) is 75.2 cm³/mol. The van der Waals surface area contributed by atoms with Crippen LogP contribution < -0.4 is 10.2 Å². The van der Waals surface area contributed by atoms with Gasteiger partial charge in [-0.15, -0.1) is 0 Å². The Hall–Kier alpha value is -1.88. The van der Waals surface area contributed by atoms with Crippen molar-refractivity contribution in [3.63, 3.8) is 0 Å². The van der Waals surface area contributed by atoms with Gasteiger partial charge in [0.15, 0.2) is 5.78 Å². The number of hydrogen-bond acceptors (Lipinski definition) is 4. The van der Waals surface area contributed by atoms with Crippen molar-refractivity contribution in [1.82, 2.24) is 5.32 Å². The zero-order valence-corrected chi connectivity index (χ0v) is 11.3. The zero-order chi connectivity index (χ0) is 14.2. The molecule has 5 heteroatoms. The molecule has 5 nitrogen and oxygen atoms in total. The first-order chi connectivity index (χ1) is 9.62. The van der Waals surface area contributed by atoms with Crippen molar-refractivity contribution in [2.24, 2.45) is 0 Å². The van der Waals surface area contributed by atoms with Gasteiger partial charge in [0.05, 0.1) is 12.0 Å². The van der Waals surface area contributed by atoms with E-state index in [0.29, 0.717) is 19.5 Å². The van der Waals surface area contributed by atoms with Gasteiger partial charge in [0, 0.05) is 37.3 Å². The molecule has 2 heterocycles. The summed E-state index contributed by atoms with van der Waals surface area (Å²) in [6, 6.07) is 7.55. The van der Waals surface area contributed by atoms with E-state index in [-0.39, 0.29) is 12.2 Å². The Morgan fingerprint density at radius 2 is 2.10 bits per heavy atom. The Kier molecular flexibility index (Phi) is 3.22. The Bertz CT molecular complexity index is 552. The van der Waals surface area contributed by atoms with E-state index in [9.17, 15) is 14.7 Å². The van der Waals surface area contributed by atoms with E-state index in [1.54, 1.807) is 0 Å². The second kappa shape index (κ2) is 4.90. The fraction of sp³-hybridized carbons (Fsp3) is 0.467. The van der Waals surface area contributed by atoms with E-state index >= 15 is 0 Å². The van der Waals surface area contributed by atoms with Crippen LogP contribution in [0.3, 0.4) is 0 Å². The van der Waals surface area contributed by atoms with Crippen molar-refractivity contribution in [2.45, 2.75) is 24.8 Å². The standard InChI is InChI=1S/C15H18N2O3/c18-13-6-3-7-17(12-5-2-1-4-11(12)13)15(8-14(19)20)9-16-10-15/h1-2,4-5,16H,3,6-10H2,(H,19,20). The van der Waals surface area contributed by atoms with Crippen LogP contribution in [0.5, 0.6) is 0 Å². The average Bonchev–Trinajstić information content (AvgIpc) is 2.54. The zero-order valence-electron chi connectivity index (χ0n) is 11.3. The topological polar surface area (TPSA) is 69.6 Å². The first-order valence-corrected chi connectivity index (χ1v) is 6.95. The van der Waals surface area contributed by atoms with Crippen molar-refractivity contribution >= 4 is 17.4 Å². The van der Waals surface area contributed by atoms with E-state index in [2.05, 4.69) is 10.2 Å². The number of fused-ring (bicyclic) bond motifs is 1. The molecule has 0 spiro atoms. The largest absolute Gasteiger partial charge is 0.481 e. The highest BCUT2D eigenvalue weighted by atomic mass is 16.4. The van der Waals surface area contributed by atoms with E-state index < -0.39 is 11.5 Å². The summed E-state index contributed by atoms with van der Waals surface area (Å²) >= 11 is 0. The lowest BCUT2D eigenvalue weighted by Crippen LogP contribution is -2.70. The van der Waals surface area contributed by atoms with Crippen molar-refractivity contribution in [3.05, 3.63) is 29.8 Å². The van der Waals surface area contributed by atoms with Crippen LogP contribution in [-0.2, 0) is 4.79 Å². The normalized spacial score (nSPS) is 20.8. The Morgan fingerprint density at radius 3 is 2.75 bits per heavy atom. The average molecular weight is 274 g/mol. The highest BCUT2D eigenvalue weighted by Gasteiger charge is 2.45. The molecular weight excluding hydrogens is 256 g/mol. The number of para-hydroxylation sites is 1. The van der Waals surface area contributed by atoms with Crippen molar-refractivity contribution in [2.75, 3.05) is 24.5 Å². The van der Waals surface area contributed by atoms with Gasteiger partial charge in [0.25, 0.3) is 0 Å². The number of nitrogens with one attached hydrogen (secondary N) is 1. The molecule has 0 amide bonds. The molecule has 0 unspecified atom stereocenters. The summed E-state index contributed by atoms with van der Waals surface area (Å²) in [5.74, 6) is -0.639. The summed E-state index contributed by atoms with van der Waals surface area (Å²) in [5.41, 5.74) is 1.21. The summed E-state index contributed by atoms with van der Waals surface area (Å²) in [6.45, 7) is 2.04. The summed E-state index contributed by atoms with van der Waals surface area (Å²) in [5, 5.41) is 12.4. The fourth-order valence-electron chi connectivity index (χ4n) is 3.20. The number of Topliss-reactive ketones (excluding diaryl/α,β-unsaturated/α-hetero) is 1. The van der Waals surface area contributed by atoms with Crippen LogP contribution in [0.2, 0.25) is 0 Å². The number of carboxylic acids is 1. The summed E-state index contributed by atoms with van der Waals surface area (Å²) < 4.78 is 0. The molecule has 3 rings (SSSR count). The fourth-order valence-corrected chi connectivity index (χ4v) is 3.20. The Labute approximate surface area is 117 Å². The molecular formula is C15H18N2O3. The monoisotopic (exact) mass is 274 g/mol. The van der Waals surface area contributed by atoms with Gasteiger partial charge in [-0.3, -0.25) is 9.59 Å². The number of benzene rings is 1. The van der Waals surface area contributed by atoms with Crippen LogP contribution >= 0.6 is 0 Å². The third-order valence-electron chi connectivity index (χ3n) is 4.24. The van der Waals surface area contributed by atoms with Crippen LogP contribution in [0, 0.1) is 0 Å². The smallest absolute Gasteiger partial charge is 0.305 e. The number of carboxylic acid groups (broad SMARTS) is 1. The molecule has 0 bridgehead atoms. The van der Waals surface area contributed by atoms with Crippen molar-refractivity contribution in [3.8, 4) is 0 Å². The molecule has 0 aliphatic carbocycles. The lowest BCUT2D eigenvalue weighted by molar-refractivity contribution is -0.139. The van der Waals surface area contributed by atoms with Gasteiger partial charge in [-0.2, -0.15) is 0 Å². The molecule has 2 aliphatic heterocycles. The van der Waals surface area contributed by atoms with Crippen molar-refractivity contribution < 1.29 is 14.7 Å². The quantitative estimate of drug-likeness (QED) is 0.869. The summed E-state index contributed by atoms with van der Waals surface area (Å²) in [4.78, 5) is 25.5. The number of carbonyl (C=O) groups is 2. The molecule has 20 heavy (non-hydrogen) atoms. The van der Waals surface area contributed by atoms with E-state index in [0.717, 1.165) is 24.2 Å². The van der Waals surface area contributed by atoms with Gasteiger partial charge < -0.3 is 15.3 Å². The Morgan fingerprint density at radius 1 is 1.35 bits per heavy atom. The number of anilines is 1. The second-order valence-corrected chi connectivity index (χ2v) is 5.59. The third kappa shape index (κ3) is 2.08. The van der Waals surface area contributed by atoms with E-state index in [1.165, 1.54) is 0 Å². The number of nitrogens with zero attached hydrogens (tertiary/aromatic N) is 1. The molecule has 2 N–H and O–H groups in total. The highest BCUT2D eigenvalue weighted by molar-refractivity contribution is 6.02. The van der Waals surface area contributed by atoms with Gasteiger partial charge >= 0.3 is 5.97 Å². The predicted octanol–water partition coefficient (Wildman–Crippen LogP) is 1.29. The van der Waals surface area contributed by atoms with Crippen LogP contribution in [0.15, 0.2) is 24.3 Å². The van der Waals surface area contributed by atoms with E-state index in [4.69, 9.17) is 0 Å². The summed E-state index contributed by atoms with van der Waals surface area (Å²) in [7, 11) is 0. The first kappa shape index (κ1) is 13.1. The third-order valence-corrected chi connectivity index (χ3v) is 4.24. The van der Waals surface area contributed by atoms with Crippen molar-refractivity contribution in [1.29, 1.82) is 0 Å². The molecule has 1 fully saturated rings. The maximum absolute atomic E-state index is 12.1. The van der Waals surface area contributed by atoms with Crippen LogP contribution in [0.4, 0.5) is 5.69 Å². The minimum Gasteiger partial charge on any atom is -0.481 e. The number of hydrogen-bond donors (Lipinski definition) is 2. The molecule has 0 atom stereocenters. The Balaban J connectivity index is 2.02. The van der Waals surface area contributed by atoms with Gasteiger partial charge in [0.2, 0.25) is 0 Å². The number of aliphatic carboxylic acids is 1. The highest BCUT2D eigenvalue weighted by Crippen LogP contribution is 2.35. The lowest BCUT2D eigenvalue weighted by atomic mass is 9.85. The molecule has 2 aliphatic rings. The van der Waals surface area contributed by atoms with Gasteiger partial charge in [-0.25, -0.2) is 0 Å². The molecule has 1 aromatic carbocycles. The minimum absolute atomic E-state index is 0.0997. The van der Waals surface area contributed by atoms with Crippen LogP contribution in [0.1, 0.15) is 29.6 Å². The van der Waals surface area contributed by atoms with E-state index in [1.807, 2.05) is 24.3 Å². The molecule has 0 radical (unpaired) electrons.